The van der Waals surface area contributed by atoms with E-state index in [0.29, 0.717) is 24.6 Å². The minimum Gasteiger partial charge on any atom is -0.327 e. The Bertz CT molecular complexity index is 1170. The van der Waals surface area contributed by atoms with E-state index in [-0.39, 0.29) is 17.4 Å². The third-order valence-corrected chi connectivity index (χ3v) is 6.85. The van der Waals surface area contributed by atoms with Crippen LogP contribution in [0.1, 0.15) is 28.8 Å². The summed E-state index contributed by atoms with van der Waals surface area (Å²) < 4.78 is 14.1. The number of fused-ring (bicyclic) bond motifs is 1. The minimum absolute atomic E-state index is 0.000878. The zero-order valence-corrected chi connectivity index (χ0v) is 18.4. The molecule has 8 heteroatoms. The van der Waals surface area contributed by atoms with Crippen LogP contribution in [0.25, 0.3) is 11.3 Å². The van der Waals surface area contributed by atoms with Crippen LogP contribution in [0.3, 0.4) is 0 Å². The number of nitrogens with one attached hydrogen (secondary N) is 2. The Morgan fingerprint density at radius 1 is 1.16 bits per heavy atom. The molecule has 2 aliphatic rings. The van der Waals surface area contributed by atoms with Crippen LogP contribution in [-0.4, -0.2) is 43.0 Å². The van der Waals surface area contributed by atoms with Gasteiger partial charge in [-0.3, -0.25) is 14.9 Å². The smallest absolute Gasteiger partial charge is 0.281 e. The highest BCUT2D eigenvalue weighted by atomic mass is 32.1. The maximum absolute atomic E-state index is 14.1. The van der Waals surface area contributed by atoms with E-state index in [1.54, 1.807) is 17.0 Å². The van der Waals surface area contributed by atoms with Gasteiger partial charge in [0.25, 0.3) is 11.8 Å². The van der Waals surface area contributed by atoms with E-state index in [1.807, 2.05) is 23.6 Å². The number of halogens is 1. The number of rotatable bonds is 5. The standard InChI is InChI=1S/C24H23FN4O2S/c25-19-6-2-1-5-18(19)23(31)29-12-9-17-13-16(7-8-21(17)29)20-15-32-24(26-20)27-22(30)14-28-10-3-4-11-28/h1-2,5-8,13,15H,3-4,9-12,14H2,(H,26,27,30)/p+1. The summed E-state index contributed by atoms with van der Waals surface area (Å²) in [6.07, 6.45) is 3.08. The average Bonchev–Trinajstić information content (AvgIpc) is 3.54. The second kappa shape index (κ2) is 8.80. The summed E-state index contributed by atoms with van der Waals surface area (Å²) in [6, 6.07) is 11.9. The second-order valence-electron chi connectivity index (χ2n) is 8.25. The van der Waals surface area contributed by atoms with Gasteiger partial charge in [0.15, 0.2) is 11.7 Å². The van der Waals surface area contributed by atoms with Crippen LogP contribution in [0.2, 0.25) is 0 Å². The molecule has 0 aliphatic carbocycles. The maximum atomic E-state index is 14.1. The Labute approximate surface area is 189 Å². The van der Waals surface area contributed by atoms with E-state index >= 15 is 0 Å². The lowest BCUT2D eigenvalue weighted by atomic mass is 10.1. The van der Waals surface area contributed by atoms with Crippen LogP contribution in [0, 0.1) is 5.82 Å². The van der Waals surface area contributed by atoms with E-state index in [2.05, 4.69) is 10.3 Å². The fraction of sp³-hybridized carbons (Fsp3) is 0.292. The molecule has 1 saturated heterocycles. The van der Waals surface area contributed by atoms with E-state index in [4.69, 9.17) is 0 Å². The highest BCUT2D eigenvalue weighted by molar-refractivity contribution is 7.14. The van der Waals surface area contributed by atoms with E-state index in [1.165, 1.54) is 41.2 Å². The molecule has 1 aromatic heterocycles. The zero-order chi connectivity index (χ0) is 22.1. The number of carbonyl (C=O) groups is 2. The molecule has 5 rings (SSSR count). The maximum Gasteiger partial charge on any atom is 0.281 e. The van der Waals surface area contributed by atoms with Crippen molar-refractivity contribution >= 4 is 34.0 Å². The lowest BCUT2D eigenvalue weighted by Crippen LogP contribution is -3.11. The van der Waals surface area contributed by atoms with Crippen LogP contribution in [-0.2, 0) is 11.2 Å². The molecule has 164 valence electrons. The first-order chi connectivity index (χ1) is 15.6. The van der Waals surface area contributed by atoms with Crippen molar-refractivity contribution in [2.45, 2.75) is 19.3 Å². The van der Waals surface area contributed by atoms with Gasteiger partial charge in [0.1, 0.15) is 5.82 Å². The lowest BCUT2D eigenvalue weighted by Gasteiger charge is -2.18. The van der Waals surface area contributed by atoms with Gasteiger partial charge in [0.05, 0.1) is 24.3 Å². The predicted octanol–water partition coefficient (Wildman–Crippen LogP) is 2.77. The Morgan fingerprint density at radius 3 is 2.78 bits per heavy atom. The number of carbonyl (C=O) groups excluding carboxylic acids is 2. The Balaban J connectivity index is 1.29. The molecule has 2 aliphatic heterocycles. The van der Waals surface area contributed by atoms with Crippen LogP contribution in [0.5, 0.6) is 0 Å². The van der Waals surface area contributed by atoms with Gasteiger partial charge in [-0.25, -0.2) is 9.37 Å². The van der Waals surface area contributed by atoms with Gasteiger partial charge in [0.2, 0.25) is 0 Å². The van der Waals surface area contributed by atoms with Crippen molar-refractivity contribution in [1.29, 1.82) is 0 Å². The molecular formula is C24H24FN4O2S+. The van der Waals surface area contributed by atoms with Gasteiger partial charge in [0, 0.05) is 36.0 Å². The number of nitrogens with zero attached hydrogens (tertiary/aromatic N) is 2. The number of hydrogen-bond donors (Lipinski definition) is 2. The molecule has 0 unspecified atom stereocenters. The largest absolute Gasteiger partial charge is 0.327 e. The monoisotopic (exact) mass is 451 g/mol. The molecule has 6 nitrogen and oxygen atoms in total. The van der Waals surface area contributed by atoms with Crippen LogP contribution in [0.4, 0.5) is 15.2 Å². The number of benzene rings is 2. The van der Waals surface area contributed by atoms with Gasteiger partial charge in [-0.2, -0.15) is 0 Å². The number of hydrogen-bond acceptors (Lipinski definition) is 4. The normalized spacial score (nSPS) is 15.7. The highest BCUT2D eigenvalue weighted by Crippen LogP contribution is 2.34. The molecule has 0 atom stereocenters. The first kappa shape index (κ1) is 20.8. The van der Waals surface area contributed by atoms with Crippen molar-refractivity contribution in [2.75, 3.05) is 36.4 Å². The first-order valence-electron chi connectivity index (χ1n) is 10.9. The molecular weight excluding hydrogens is 427 g/mol. The molecule has 3 heterocycles. The van der Waals surface area contributed by atoms with Gasteiger partial charge in [-0.1, -0.05) is 18.2 Å². The number of anilines is 2. The van der Waals surface area contributed by atoms with Crippen molar-refractivity contribution < 1.29 is 18.9 Å². The number of likely N-dealkylation sites (tertiary alicyclic amines) is 1. The molecule has 0 radical (unpaired) electrons. The van der Waals surface area contributed by atoms with Crippen LogP contribution < -0.4 is 15.1 Å². The predicted molar refractivity (Wildman–Crippen MR) is 123 cm³/mol. The Morgan fingerprint density at radius 2 is 1.97 bits per heavy atom. The number of thiazole rings is 1. The SMILES string of the molecule is O=C(C[NH+]1CCCC1)Nc1nc(-c2ccc3c(c2)CCN3C(=O)c2ccccc2F)cs1. The van der Waals surface area contributed by atoms with E-state index in [0.717, 1.165) is 35.6 Å². The molecule has 0 saturated carbocycles. The molecule has 1 fully saturated rings. The molecule has 2 aromatic carbocycles. The summed E-state index contributed by atoms with van der Waals surface area (Å²) in [7, 11) is 0. The van der Waals surface area contributed by atoms with Crippen LogP contribution in [0.15, 0.2) is 47.8 Å². The summed E-state index contributed by atoms with van der Waals surface area (Å²) in [4.78, 5) is 32.7. The van der Waals surface area contributed by atoms with Crippen molar-refractivity contribution in [2.24, 2.45) is 0 Å². The van der Waals surface area contributed by atoms with Gasteiger partial charge >= 0.3 is 0 Å². The van der Waals surface area contributed by atoms with Crippen LogP contribution >= 0.6 is 11.3 Å². The lowest BCUT2D eigenvalue weighted by molar-refractivity contribution is -0.878. The third kappa shape index (κ3) is 4.16. The van der Waals surface area contributed by atoms with E-state index in [9.17, 15) is 14.0 Å². The average molecular weight is 452 g/mol. The first-order valence-corrected chi connectivity index (χ1v) is 11.7. The van der Waals surface area contributed by atoms with Crippen molar-refractivity contribution in [3.8, 4) is 11.3 Å². The third-order valence-electron chi connectivity index (χ3n) is 6.09. The molecule has 0 bridgehead atoms. The van der Waals surface area contributed by atoms with E-state index < -0.39 is 5.82 Å². The Kier molecular flexibility index (Phi) is 5.71. The molecule has 32 heavy (non-hydrogen) atoms. The van der Waals surface area contributed by atoms with Gasteiger partial charge < -0.3 is 9.80 Å². The van der Waals surface area contributed by atoms with Gasteiger partial charge in [-0.15, -0.1) is 11.3 Å². The second-order valence-corrected chi connectivity index (χ2v) is 9.11. The minimum atomic E-state index is -0.508. The fourth-order valence-corrected chi connectivity index (χ4v) is 5.19. The molecule has 2 N–H and O–H groups in total. The topological polar surface area (TPSA) is 66.7 Å². The summed E-state index contributed by atoms with van der Waals surface area (Å²) in [5.41, 5.74) is 3.65. The fourth-order valence-electron chi connectivity index (χ4n) is 4.46. The zero-order valence-electron chi connectivity index (χ0n) is 17.6. The van der Waals surface area contributed by atoms with Gasteiger partial charge in [-0.05, 0) is 36.2 Å². The van der Waals surface area contributed by atoms with Crippen molar-refractivity contribution in [3.05, 3.63) is 64.8 Å². The molecule has 2 amide bonds. The van der Waals surface area contributed by atoms with Crippen molar-refractivity contribution in [3.63, 3.8) is 0 Å². The number of aromatic nitrogens is 1. The highest BCUT2D eigenvalue weighted by Gasteiger charge is 2.27. The summed E-state index contributed by atoms with van der Waals surface area (Å²) in [6.45, 7) is 3.12. The summed E-state index contributed by atoms with van der Waals surface area (Å²) in [5, 5.41) is 5.44. The summed E-state index contributed by atoms with van der Waals surface area (Å²) in [5.74, 6) is -0.835. The Hall–Kier alpha value is -3.10. The van der Waals surface area contributed by atoms with Crippen molar-refractivity contribution in [1.82, 2.24) is 4.98 Å². The summed E-state index contributed by atoms with van der Waals surface area (Å²) >= 11 is 1.41. The molecule has 0 spiro atoms. The number of quaternary nitrogens is 1. The quantitative estimate of drug-likeness (QED) is 0.627. The number of amides is 2. The molecule has 3 aromatic rings.